The van der Waals surface area contributed by atoms with Crippen molar-refractivity contribution in [2.45, 2.75) is 18.9 Å². The van der Waals surface area contributed by atoms with E-state index in [-0.39, 0.29) is 12.0 Å². The van der Waals surface area contributed by atoms with Crippen molar-refractivity contribution >= 4 is 23.2 Å². The molecule has 5 heteroatoms. The van der Waals surface area contributed by atoms with E-state index >= 15 is 0 Å². The summed E-state index contributed by atoms with van der Waals surface area (Å²) in [5.74, 6) is 0.571. The van der Waals surface area contributed by atoms with E-state index in [0.29, 0.717) is 22.9 Å². The Balaban J connectivity index is 1.55. The number of halogens is 1. The summed E-state index contributed by atoms with van der Waals surface area (Å²) in [7, 11) is 0. The van der Waals surface area contributed by atoms with Gasteiger partial charge in [0.25, 0.3) is 5.91 Å². The van der Waals surface area contributed by atoms with Crippen LogP contribution in [-0.2, 0) is 4.74 Å². The molecule has 0 spiro atoms. The first-order chi connectivity index (χ1) is 11.2. The second kappa shape index (κ2) is 7.49. The minimum atomic E-state index is -0.169. The molecule has 0 saturated carbocycles. The van der Waals surface area contributed by atoms with E-state index in [2.05, 4.69) is 5.32 Å². The average molecular weight is 332 g/mol. The monoisotopic (exact) mass is 331 g/mol. The molecule has 1 heterocycles. The van der Waals surface area contributed by atoms with Crippen molar-refractivity contribution in [3.8, 4) is 5.75 Å². The van der Waals surface area contributed by atoms with Gasteiger partial charge in [0.05, 0.1) is 6.10 Å². The molecule has 3 rings (SSSR count). The fourth-order valence-corrected chi connectivity index (χ4v) is 2.53. The van der Waals surface area contributed by atoms with Crippen molar-refractivity contribution in [3.63, 3.8) is 0 Å². The first-order valence-electron chi connectivity index (χ1n) is 7.62. The number of nitrogens with one attached hydrogen (secondary N) is 1. The molecule has 0 unspecified atom stereocenters. The number of carbonyl (C=O) groups excluding carboxylic acids is 1. The predicted octanol–water partition coefficient (Wildman–Crippen LogP) is 4.15. The Bertz CT molecular complexity index is 649. The lowest BCUT2D eigenvalue weighted by atomic mass is 10.2. The number of ether oxygens (including phenoxy) is 2. The maximum absolute atomic E-state index is 12.2. The molecule has 1 saturated heterocycles. The highest BCUT2D eigenvalue weighted by Crippen LogP contribution is 2.18. The Morgan fingerprint density at radius 3 is 2.57 bits per heavy atom. The largest absolute Gasteiger partial charge is 0.491 e. The SMILES string of the molecule is O=C(Nc1ccc(Cl)cc1)c1ccc(OC[C@H]2CCCO2)cc1. The standard InChI is InChI=1S/C18H18ClNO3/c19-14-5-7-15(8-6-14)20-18(21)13-3-9-16(10-4-13)23-12-17-2-1-11-22-17/h3-10,17H,1-2,11-12H2,(H,20,21)/t17-/m1/s1. The lowest BCUT2D eigenvalue weighted by Crippen LogP contribution is -2.16. The minimum absolute atomic E-state index is 0.169. The Labute approximate surface area is 140 Å². The molecule has 1 aliphatic heterocycles. The van der Waals surface area contributed by atoms with Gasteiger partial charge >= 0.3 is 0 Å². The van der Waals surface area contributed by atoms with E-state index in [1.807, 2.05) is 0 Å². The van der Waals surface area contributed by atoms with Gasteiger partial charge in [-0.15, -0.1) is 0 Å². The second-order valence-corrected chi connectivity index (χ2v) is 5.87. The molecule has 1 aliphatic rings. The molecule has 0 radical (unpaired) electrons. The van der Waals surface area contributed by atoms with Gasteiger partial charge in [0.2, 0.25) is 0 Å². The van der Waals surface area contributed by atoms with Crippen molar-refractivity contribution in [3.05, 3.63) is 59.1 Å². The summed E-state index contributed by atoms with van der Waals surface area (Å²) in [6, 6.07) is 14.1. The molecule has 2 aromatic carbocycles. The van der Waals surface area contributed by atoms with Gasteiger partial charge in [0.1, 0.15) is 12.4 Å². The van der Waals surface area contributed by atoms with Gasteiger partial charge in [-0.1, -0.05) is 11.6 Å². The number of benzene rings is 2. The fraction of sp³-hybridized carbons (Fsp3) is 0.278. The summed E-state index contributed by atoms with van der Waals surface area (Å²) in [6.07, 6.45) is 2.32. The van der Waals surface area contributed by atoms with Crippen LogP contribution in [0.5, 0.6) is 5.75 Å². The second-order valence-electron chi connectivity index (χ2n) is 5.43. The third-order valence-corrected chi connectivity index (χ3v) is 3.93. The first-order valence-corrected chi connectivity index (χ1v) is 8.00. The van der Waals surface area contributed by atoms with Crippen LogP contribution in [0.1, 0.15) is 23.2 Å². The van der Waals surface area contributed by atoms with Crippen LogP contribution in [0, 0.1) is 0 Å². The highest BCUT2D eigenvalue weighted by Gasteiger charge is 2.16. The first kappa shape index (κ1) is 15.8. The minimum Gasteiger partial charge on any atom is -0.491 e. The molecule has 0 aromatic heterocycles. The topological polar surface area (TPSA) is 47.6 Å². The number of anilines is 1. The zero-order chi connectivity index (χ0) is 16.1. The molecule has 120 valence electrons. The van der Waals surface area contributed by atoms with Gasteiger partial charge in [-0.3, -0.25) is 4.79 Å². The molecule has 1 N–H and O–H groups in total. The molecule has 2 aromatic rings. The summed E-state index contributed by atoms with van der Waals surface area (Å²) in [5.41, 5.74) is 1.28. The molecule has 1 amide bonds. The molecule has 1 atom stereocenters. The summed E-state index contributed by atoms with van der Waals surface area (Å²) >= 11 is 5.82. The van der Waals surface area contributed by atoms with Crippen LogP contribution in [0.3, 0.4) is 0 Å². The van der Waals surface area contributed by atoms with Crippen molar-refractivity contribution < 1.29 is 14.3 Å². The summed E-state index contributed by atoms with van der Waals surface area (Å²) in [4.78, 5) is 12.2. The Morgan fingerprint density at radius 1 is 1.17 bits per heavy atom. The van der Waals surface area contributed by atoms with Crippen LogP contribution >= 0.6 is 11.6 Å². The third-order valence-electron chi connectivity index (χ3n) is 3.68. The van der Waals surface area contributed by atoms with Crippen molar-refractivity contribution in [1.82, 2.24) is 0 Å². The maximum Gasteiger partial charge on any atom is 0.255 e. The van der Waals surface area contributed by atoms with Gasteiger partial charge in [0.15, 0.2) is 0 Å². The van der Waals surface area contributed by atoms with E-state index in [9.17, 15) is 4.79 Å². The number of hydrogen-bond donors (Lipinski definition) is 1. The lowest BCUT2D eigenvalue weighted by Gasteiger charge is -2.11. The Hall–Kier alpha value is -2.04. The van der Waals surface area contributed by atoms with E-state index in [4.69, 9.17) is 21.1 Å². The summed E-state index contributed by atoms with van der Waals surface area (Å²) < 4.78 is 11.2. The molecule has 0 bridgehead atoms. The van der Waals surface area contributed by atoms with Gasteiger partial charge in [-0.05, 0) is 61.4 Å². The van der Waals surface area contributed by atoms with Crippen LogP contribution in [0.2, 0.25) is 5.02 Å². The van der Waals surface area contributed by atoms with Crippen LogP contribution in [-0.4, -0.2) is 25.2 Å². The quantitative estimate of drug-likeness (QED) is 0.895. The highest BCUT2D eigenvalue weighted by atomic mass is 35.5. The number of rotatable bonds is 5. The zero-order valence-electron chi connectivity index (χ0n) is 12.6. The van der Waals surface area contributed by atoms with Crippen molar-refractivity contribution in [2.24, 2.45) is 0 Å². The van der Waals surface area contributed by atoms with Crippen LogP contribution in [0.4, 0.5) is 5.69 Å². The van der Waals surface area contributed by atoms with E-state index in [1.54, 1.807) is 48.5 Å². The molecule has 4 nitrogen and oxygen atoms in total. The average Bonchev–Trinajstić information content (AvgIpc) is 3.09. The van der Waals surface area contributed by atoms with Gasteiger partial charge < -0.3 is 14.8 Å². The van der Waals surface area contributed by atoms with Gasteiger partial charge in [-0.25, -0.2) is 0 Å². The Kier molecular flexibility index (Phi) is 5.16. The number of hydrogen-bond acceptors (Lipinski definition) is 3. The molecular weight excluding hydrogens is 314 g/mol. The Morgan fingerprint density at radius 2 is 1.91 bits per heavy atom. The summed E-state index contributed by atoms with van der Waals surface area (Å²) in [5, 5.41) is 3.46. The fourth-order valence-electron chi connectivity index (χ4n) is 2.40. The zero-order valence-corrected chi connectivity index (χ0v) is 13.4. The highest BCUT2D eigenvalue weighted by molar-refractivity contribution is 6.30. The lowest BCUT2D eigenvalue weighted by molar-refractivity contribution is 0.0679. The normalized spacial score (nSPS) is 17.0. The van der Waals surface area contributed by atoms with Crippen LogP contribution in [0.15, 0.2) is 48.5 Å². The maximum atomic E-state index is 12.2. The van der Waals surface area contributed by atoms with Crippen LogP contribution in [0.25, 0.3) is 0 Å². The van der Waals surface area contributed by atoms with Gasteiger partial charge in [0, 0.05) is 22.9 Å². The smallest absolute Gasteiger partial charge is 0.255 e. The third kappa shape index (κ3) is 4.47. The number of carbonyl (C=O) groups is 1. The predicted molar refractivity (Wildman–Crippen MR) is 90.3 cm³/mol. The van der Waals surface area contributed by atoms with Crippen molar-refractivity contribution in [2.75, 3.05) is 18.5 Å². The van der Waals surface area contributed by atoms with Crippen molar-refractivity contribution in [1.29, 1.82) is 0 Å². The van der Waals surface area contributed by atoms with E-state index in [0.717, 1.165) is 25.2 Å². The molecular formula is C18H18ClNO3. The molecule has 1 fully saturated rings. The van der Waals surface area contributed by atoms with E-state index < -0.39 is 0 Å². The van der Waals surface area contributed by atoms with Crippen LogP contribution < -0.4 is 10.1 Å². The molecule has 0 aliphatic carbocycles. The van der Waals surface area contributed by atoms with Gasteiger partial charge in [-0.2, -0.15) is 0 Å². The number of amides is 1. The summed E-state index contributed by atoms with van der Waals surface area (Å²) in [6.45, 7) is 1.37. The molecule has 23 heavy (non-hydrogen) atoms. The van der Waals surface area contributed by atoms with E-state index in [1.165, 1.54) is 0 Å².